The molecular formula is C24H33N3O3S2. The minimum atomic E-state index is -3.68. The van der Waals surface area contributed by atoms with Crippen LogP contribution in [0.2, 0.25) is 0 Å². The van der Waals surface area contributed by atoms with E-state index in [9.17, 15) is 13.2 Å². The third-order valence-corrected chi connectivity index (χ3v) is 8.88. The number of likely N-dealkylation sites (tertiary alicyclic amines) is 2. The first kappa shape index (κ1) is 23.4. The molecule has 0 aliphatic carbocycles. The molecule has 4 rings (SSSR count). The molecule has 0 radical (unpaired) electrons. The largest absolute Gasteiger partial charge is 0.338 e. The Morgan fingerprint density at radius 3 is 2.69 bits per heavy atom. The summed E-state index contributed by atoms with van der Waals surface area (Å²) >= 11 is 1.51. The first-order valence-electron chi connectivity index (χ1n) is 11.5. The lowest BCUT2D eigenvalue weighted by Crippen LogP contribution is -2.45. The minimum absolute atomic E-state index is 0.0720. The fourth-order valence-corrected chi connectivity index (χ4v) is 6.44. The summed E-state index contributed by atoms with van der Waals surface area (Å²) in [5.41, 5.74) is 0.441. The van der Waals surface area contributed by atoms with Gasteiger partial charge in [0.05, 0.1) is 4.90 Å². The van der Waals surface area contributed by atoms with Gasteiger partial charge in [0.2, 0.25) is 10.0 Å². The van der Waals surface area contributed by atoms with Crippen LogP contribution >= 0.6 is 11.3 Å². The number of carbonyl (C=O) groups is 1. The number of amides is 1. The summed E-state index contributed by atoms with van der Waals surface area (Å²) in [6, 6.07) is 10.2. The second-order valence-corrected chi connectivity index (χ2v) is 12.0. The summed E-state index contributed by atoms with van der Waals surface area (Å²) in [4.78, 5) is 18.7. The molecule has 32 heavy (non-hydrogen) atoms. The zero-order valence-corrected chi connectivity index (χ0v) is 20.3. The quantitative estimate of drug-likeness (QED) is 0.661. The lowest BCUT2D eigenvalue weighted by molar-refractivity contribution is 0.0622. The maximum absolute atomic E-state index is 13.2. The lowest BCUT2D eigenvalue weighted by atomic mass is 9.94. The average molecular weight is 476 g/mol. The number of sulfonamides is 1. The van der Waals surface area contributed by atoms with Gasteiger partial charge in [-0.05, 0) is 80.3 Å². The van der Waals surface area contributed by atoms with Gasteiger partial charge in [-0.15, -0.1) is 11.3 Å². The Morgan fingerprint density at radius 1 is 1.12 bits per heavy atom. The lowest BCUT2D eigenvalue weighted by Gasteiger charge is -2.38. The third-order valence-electron chi connectivity index (χ3n) is 6.61. The van der Waals surface area contributed by atoms with E-state index in [-0.39, 0.29) is 17.3 Å². The smallest absolute Gasteiger partial charge is 0.253 e. The van der Waals surface area contributed by atoms with E-state index in [0.29, 0.717) is 11.5 Å². The van der Waals surface area contributed by atoms with E-state index in [1.54, 1.807) is 18.2 Å². The Labute approximate surface area is 195 Å². The standard InChI is InChI=1S/C24H33N3O3S2/c1-19-9-12-26(13-10-19)17-20-5-3-11-27(18-20)24(28)21-6-2-8-23(15-21)32(29,30)25-16-22-7-4-14-31-22/h2,4,6-8,14-15,19-20,25H,3,5,9-13,16-18H2,1H3. The van der Waals surface area contributed by atoms with Gasteiger partial charge in [0.25, 0.3) is 5.91 Å². The molecule has 0 spiro atoms. The molecule has 1 aromatic carbocycles. The predicted molar refractivity (Wildman–Crippen MR) is 128 cm³/mol. The molecule has 2 aliphatic rings. The van der Waals surface area contributed by atoms with E-state index >= 15 is 0 Å². The number of rotatable bonds is 7. The van der Waals surface area contributed by atoms with Crippen molar-refractivity contribution in [3.05, 3.63) is 52.2 Å². The van der Waals surface area contributed by atoms with Crippen LogP contribution in [0.5, 0.6) is 0 Å². The summed E-state index contributed by atoms with van der Waals surface area (Å²) in [5, 5.41) is 1.92. The molecule has 1 N–H and O–H groups in total. The average Bonchev–Trinajstić information content (AvgIpc) is 3.33. The Balaban J connectivity index is 1.38. The van der Waals surface area contributed by atoms with Crippen molar-refractivity contribution in [2.75, 3.05) is 32.7 Å². The van der Waals surface area contributed by atoms with Crippen LogP contribution in [0.4, 0.5) is 0 Å². The molecule has 174 valence electrons. The van der Waals surface area contributed by atoms with Crippen molar-refractivity contribution in [1.82, 2.24) is 14.5 Å². The molecule has 0 saturated carbocycles. The number of carbonyl (C=O) groups excluding carboxylic acids is 1. The van der Waals surface area contributed by atoms with E-state index in [2.05, 4.69) is 16.5 Å². The monoisotopic (exact) mass is 475 g/mol. The molecule has 3 heterocycles. The Bertz CT molecular complexity index is 999. The molecule has 1 atom stereocenters. The number of hydrogen-bond donors (Lipinski definition) is 1. The molecule has 1 unspecified atom stereocenters. The summed E-state index contributed by atoms with van der Waals surface area (Å²) in [7, 11) is -3.68. The van der Waals surface area contributed by atoms with Crippen LogP contribution in [0.15, 0.2) is 46.7 Å². The van der Waals surface area contributed by atoms with Crippen molar-refractivity contribution < 1.29 is 13.2 Å². The fourth-order valence-electron chi connectivity index (χ4n) is 4.65. The molecule has 1 aromatic heterocycles. The van der Waals surface area contributed by atoms with E-state index in [0.717, 1.165) is 56.4 Å². The molecule has 2 fully saturated rings. The Morgan fingerprint density at radius 2 is 1.94 bits per heavy atom. The van der Waals surface area contributed by atoms with Crippen molar-refractivity contribution in [2.45, 2.75) is 44.0 Å². The summed E-state index contributed by atoms with van der Waals surface area (Å²) in [6.07, 6.45) is 4.67. The topological polar surface area (TPSA) is 69.7 Å². The normalized spacial score (nSPS) is 21.0. The maximum atomic E-state index is 13.2. The molecule has 8 heteroatoms. The molecule has 2 saturated heterocycles. The highest BCUT2D eigenvalue weighted by atomic mass is 32.2. The van der Waals surface area contributed by atoms with Gasteiger partial charge in [-0.2, -0.15) is 0 Å². The maximum Gasteiger partial charge on any atom is 0.253 e. The minimum Gasteiger partial charge on any atom is -0.338 e. The van der Waals surface area contributed by atoms with Crippen LogP contribution in [-0.2, 0) is 16.6 Å². The van der Waals surface area contributed by atoms with Gasteiger partial charge in [-0.1, -0.05) is 19.1 Å². The first-order valence-corrected chi connectivity index (χ1v) is 13.9. The summed E-state index contributed by atoms with van der Waals surface area (Å²) in [6.45, 7) is 7.43. The van der Waals surface area contributed by atoms with Gasteiger partial charge in [0, 0.05) is 36.6 Å². The van der Waals surface area contributed by atoms with Crippen LogP contribution in [0.25, 0.3) is 0 Å². The number of hydrogen-bond acceptors (Lipinski definition) is 5. The van der Waals surface area contributed by atoms with Crippen molar-refractivity contribution >= 4 is 27.3 Å². The summed E-state index contributed by atoms with van der Waals surface area (Å²) < 4.78 is 28.1. The second kappa shape index (κ2) is 10.5. The molecule has 0 bridgehead atoms. The zero-order valence-electron chi connectivity index (χ0n) is 18.7. The van der Waals surface area contributed by atoms with E-state index in [4.69, 9.17) is 0 Å². The molecule has 6 nitrogen and oxygen atoms in total. The van der Waals surface area contributed by atoms with Crippen LogP contribution in [-0.4, -0.2) is 56.8 Å². The van der Waals surface area contributed by atoms with E-state index < -0.39 is 10.0 Å². The van der Waals surface area contributed by atoms with Gasteiger partial charge < -0.3 is 9.80 Å². The van der Waals surface area contributed by atoms with Crippen molar-refractivity contribution in [2.24, 2.45) is 11.8 Å². The summed E-state index contributed by atoms with van der Waals surface area (Å²) in [5.74, 6) is 1.23. The van der Waals surface area contributed by atoms with Crippen LogP contribution in [0, 0.1) is 11.8 Å². The zero-order chi connectivity index (χ0) is 22.6. The Kier molecular flexibility index (Phi) is 7.66. The number of thiophene rings is 1. The van der Waals surface area contributed by atoms with Crippen molar-refractivity contribution in [3.63, 3.8) is 0 Å². The molecule has 2 aliphatic heterocycles. The SMILES string of the molecule is CC1CCN(CC2CCCN(C(=O)c3cccc(S(=O)(=O)NCc4cccs4)c3)C2)CC1. The van der Waals surface area contributed by atoms with Crippen LogP contribution in [0.3, 0.4) is 0 Å². The number of nitrogens with zero attached hydrogens (tertiary/aromatic N) is 2. The fraction of sp³-hybridized carbons (Fsp3) is 0.542. The highest BCUT2D eigenvalue weighted by Crippen LogP contribution is 2.23. The molecule has 2 aromatic rings. The van der Waals surface area contributed by atoms with Crippen molar-refractivity contribution in [1.29, 1.82) is 0 Å². The Hall–Kier alpha value is -1.74. The molecular weight excluding hydrogens is 442 g/mol. The van der Waals surface area contributed by atoms with Crippen LogP contribution < -0.4 is 4.72 Å². The number of nitrogens with one attached hydrogen (secondary N) is 1. The predicted octanol–water partition coefficient (Wildman–Crippen LogP) is 3.81. The highest BCUT2D eigenvalue weighted by molar-refractivity contribution is 7.89. The van der Waals surface area contributed by atoms with Crippen molar-refractivity contribution in [3.8, 4) is 0 Å². The van der Waals surface area contributed by atoms with Gasteiger partial charge in [-0.3, -0.25) is 4.79 Å². The number of benzene rings is 1. The molecule has 1 amide bonds. The van der Waals surface area contributed by atoms with Gasteiger partial charge in [-0.25, -0.2) is 13.1 Å². The van der Waals surface area contributed by atoms with Gasteiger partial charge in [0.15, 0.2) is 0 Å². The van der Waals surface area contributed by atoms with E-state index in [1.165, 1.54) is 30.2 Å². The highest BCUT2D eigenvalue weighted by Gasteiger charge is 2.27. The number of piperidine rings is 2. The second-order valence-electron chi connectivity index (χ2n) is 9.17. The van der Waals surface area contributed by atoms with E-state index in [1.807, 2.05) is 22.4 Å². The van der Waals surface area contributed by atoms with Gasteiger partial charge >= 0.3 is 0 Å². The van der Waals surface area contributed by atoms with Gasteiger partial charge in [0.1, 0.15) is 0 Å². The van der Waals surface area contributed by atoms with Crippen LogP contribution in [0.1, 0.15) is 47.8 Å². The third kappa shape index (κ3) is 5.98. The first-order chi connectivity index (χ1) is 15.4.